The van der Waals surface area contributed by atoms with E-state index in [0.717, 1.165) is 5.56 Å². The molecule has 0 radical (unpaired) electrons. The summed E-state index contributed by atoms with van der Waals surface area (Å²) < 4.78 is 36.5. The van der Waals surface area contributed by atoms with Gasteiger partial charge in [0.15, 0.2) is 4.87 Å². The van der Waals surface area contributed by atoms with Crippen molar-refractivity contribution in [1.29, 1.82) is 0 Å². The second-order valence-electron chi connectivity index (χ2n) is 5.54. The van der Waals surface area contributed by atoms with Gasteiger partial charge in [-0.05, 0) is 36.9 Å². The number of nitrogens with zero attached hydrogens (tertiary/aromatic N) is 1. The number of sulfone groups is 1. The van der Waals surface area contributed by atoms with E-state index < -0.39 is 14.7 Å². The number of rotatable bonds is 5. The summed E-state index contributed by atoms with van der Waals surface area (Å²) in [5, 5.41) is 3.06. The molecule has 4 nitrogen and oxygen atoms in total. The summed E-state index contributed by atoms with van der Waals surface area (Å²) in [4.78, 5) is -1.06. The lowest BCUT2D eigenvalue weighted by molar-refractivity contribution is 0.475. The Morgan fingerprint density at radius 2 is 2.09 bits per heavy atom. The minimum absolute atomic E-state index is 0.199. The van der Waals surface area contributed by atoms with Gasteiger partial charge in [0.05, 0.1) is 6.27 Å². The van der Waals surface area contributed by atoms with Gasteiger partial charge in [0.2, 0.25) is 9.84 Å². The van der Waals surface area contributed by atoms with E-state index in [2.05, 4.69) is 5.32 Å². The third-order valence-corrected chi connectivity index (χ3v) is 6.34. The largest absolute Gasteiger partial charge is 0.331 e. The second kappa shape index (κ2) is 6.18. The quantitative estimate of drug-likeness (QED) is 0.918. The molecule has 1 unspecified atom stereocenters. The SMILES string of the molecule is [2H]C1=CC(n2ccc(CNC)c2)(S(=O)(=O)c2ccccc2)CC=C1. The number of aromatic nitrogens is 1. The lowest BCUT2D eigenvalue weighted by Gasteiger charge is -2.33. The molecule has 0 fully saturated rings. The van der Waals surface area contributed by atoms with Gasteiger partial charge in [-0.2, -0.15) is 0 Å². The van der Waals surface area contributed by atoms with Gasteiger partial charge in [-0.1, -0.05) is 36.4 Å². The first-order valence-corrected chi connectivity index (χ1v) is 8.95. The predicted octanol–water partition coefficient (Wildman–Crippen LogP) is 2.85. The van der Waals surface area contributed by atoms with Gasteiger partial charge in [0, 0.05) is 25.4 Å². The van der Waals surface area contributed by atoms with Gasteiger partial charge in [-0.3, -0.25) is 0 Å². The summed E-state index contributed by atoms with van der Waals surface area (Å²) in [5.41, 5.74) is 0.995. The van der Waals surface area contributed by atoms with E-state index in [0.29, 0.717) is 13.0 Å². The molecule has 23 heavy (non-hydrogen) atoms. The molecule has 0 spiro atoms. The van der Waals surface area contributed by atoms with Gasteiger partial charge in [0.1, 0.15) is 0 Å². The van der Waals surface area contributed by atoms with Crippen LogP contribution < -0.4 is 5.32 Å². The van der Waals surface area contributed by atoms with Crippen LogP contribution in [0.4, 0.5) is 0 Å². The Morgan fingerprint density at radius 3 is 2.78 bits per heavy atom. The maximum absolute atomic E-state index is 13.4. The molecule has 3 rings (SSSR count). The van der Waals surface area contributed by atoms with Crippen LogP contribution in [0.3, 0.4) is 0 Å². The van der Waals surface area contributed by atoms with Gasteiger partial charge >= 0.3 is 0 Å². The molecule has 1 aliphatic carbocycles. The number of benzene rings is 1. The van der Waals surface area contributed by atoms with Crippen molar-refractivity contribution in [1.82, 2.24) is 9.88 Å². The monoisotopic (exact) mass is 329 g/mol. The topological polar surface area (TPSA) is 51.1 Å². The molecule has 0 aliphatic heterocycles. The van der Waals surface area contributed by atoms with Crippen molar-refractivity contribution in [3.8, 4) is 0 Å². The standard InChI is InChI=1S/C18H20N2O2S/c1-19-14-16-10-13-20(15-16)18(11-6-3-7-12-18)23(21,22)17-8-4-2-5-9-17/h2-11,13,15,19H,12,14H2,1H3/i6D. The van der Waals surface area contributed by atoms with Gasteiger partial charge in [0.25, 0.3) is 0 Å². The molecule has 0 saturated heterocycles. The van der Waals surface area contributed by atoms with Crippen molar-refractivity contribution in [2.45, 2.75) is 22.7 Å². The van der Waals surface area contributed by atoms with E-state index in [1.807, 2.05) is 19.3 Å². The van der Waals surface area contributed by atoms with Crippen molar-refractivity contribution < 1.29 is 9.79 Å². The van der Waals surface area contributed by atoms with Crippen LogP contribution in [0.15, 0.2) is 78.0 Å². The molecular weight excluding hydrogens is 308 g/mol. The molecule has 2 aromatic rings. The zero-order chi connectivity index (χ0) is 17.2. The highest BCUT2D eigenvalue weighted by molar-refractivity contribution is 7.92. The Hall–Kier alpha value is -2.11. The van der Waals surface area contributed by atoms with Crippen LogP contribution >= 0.6 is 0 Å². The third-order valence-electron chi connectivity index (χ3n) is 4.02. The van der Waals surface area contributed by atoms with Crippen LogP contribution in [0, 0.1) is 0 Å². The van der Waals surface area contributed by atoms with Crippen LogP contribution in [0.25, 0.3) is 0 Å². The maximum Gasteiger partial charge on any atom is 0.206 e. The lowest BCUT2D eigenvalue weighted by Crippen LogP contribution is -2.40. The van der Waals surface area contributed by atoms with E-state index >= 15 is 0 Å². The smallest absolute Gasteiger partial charge is 0.206 e. The minimum Gasteiger partial charge on any atom is -0.331 e. The highest BCUT2D eigenvalue weighted by Gasteiger charge is 2.43. The first-order valence-electron chi connectivity index (χ1n) is 7.97. The Balaban J connectivity index is 2.19. The number of allylic oxidation sites excluding steroid dienone is 3. The fourth-order valence-corrected chi connectivity index (χ4v) is 4.68. The highest BCUT2D eigenvalue weighted by Crippen LogP contribution is 2.38. The molecular formula is C18H20N2O2S. The molecule has 1 aromatic carbocycles. The summed E-state index contributed by atoms with van der Waals surface area (Å²) in [6.45, 7) is 0.655. The highest BCUT2D eigenvalue weighted by atomic mass is 32.2. The van der Waals surface area contributed by atoms with E-state index in [9.17, 15) is 8.42 Å². The zero-order valence-electron chi connectivity index (χ0n) is 13.9. The number of hydrogen-bond donors (Lipinski definition) is 1. The minimum atomic E-state index is -3.72. The average molecular weight is 329 g/mol. The first kappa shape index (κ1) is 14.5. The molecule has 1 aliphatic rings. The van der Waals surface area contributed by atoms with E-state index in [1.54, 1.807) is 53.2 Å². The Kier molecular flexibility index (Phi) is 3.89. The van der Waals surface area contributed by atoms with Crippen LogP contribution in [0.2, 0.25) is 0 Å². The summed E-state index contributed by atoms with van der Waals surface area (Å²) in [5.74, 6) is 0. The van der Waals surface area contributed by atoms with Gasteiger partial charge in [-0.15, -0.1) is 0 Å². The zero-order valence-corrected chi connectivity index (χ0v) is 13.8. The molecule has 1 heterocycles. The van der Waals surface area contributed by atoms with Crippen LogP contribution in [-0.4, -0.2) is 20.0 Å². The number of nitrogens with one attached hydrogen (secondary N) is 1. The van der Waals surface area contributed by atoms with Crippen molar-refractivity contribution in [2.24, 2.45) is 0 Å². The fraction of sp³-hybridized carbons (Fsp3) is 0.222. The molecule has 1 N–H and O–H groups in total. The Labute approximate surface area is 138 Å². The first-order chi connectivity index (χ1) is 11.5. The van der Waals surface area contributed by atoms with Crippen molar-refractivity contribution in [2.75, 3.05) is 7.05 Å². The predicted molar refractivity (Wildman–Crippen MR) is 91.7 cm³/mol. The average Bonchev–Trinajstić information content (AvgIpc) is 3.05. The van der Waals surface area contributed by atoms with Crippen molar-refractivity contribution in [3.63, 3.8) is 0 Å². The fourth-order valence-electron chi connectivity index (χ4n) is 2.83. The van der Waals surface area contributed by atoms with Gasteiger partial charge in [-0.25, -0.2) is 8.42 Å². The molecule has 1 atom stereocenters. The Morgan fingerprint density at radius 1 is 1.30 bits per heavy atom. The normalized spacial score (nSPS) is 21.8. The molecule has 0 amide bonds. The van der Waals surface area contributed by atoms with Crippen molar-refractivity contribution in [3.05, 3.63) is 78.6 Å². The molecule has 0 saturated carbocycles. The molecule has 1 aromatic heterocycles. The van der Waals surface area contributed by atoms with Crippen molar-refractivity contribution >= 4 is 9.84 Å². The van der Waals surface area contributed by atoms with Crippen LogP contribution in [0.5, 0.6) is 0 Å². The van der Waals surface area contributed by atoms with E-state index in [-0.39, 0.29) is 10.9 Å². The summed E-state index contributed by atoms with van der Waals surface area (Å²) >= 11 is 0. The second-order valence-corrected chi connectivity index (χ2v) is 7.72. The number of hydrogen-bond acceptors (Lipinski definition) is 3. The summed E-state index contributed by atoms with van der Waals surface area (Å²) in [7, 11) is -1.87. The van der Waals surface area contributed by atoms with Crippen LogP contribution in [-0.2, 0) is 21.3 Å². The molecule has 0 bridgehead atoms. The molecule has 120 valence electrons. The maximum atomic E-state index is 13.4. The lowest BCUT2D eigenvalue weighted by atomic mass is 10.1. The Bertz CT molecular complexity index is 885. The third kappa shape index (κ3) is 2.66. The van der Waals surface area contributed by atoms with E-state index in [4.69, 9.17) is 1.37 Å². The van der Waals surface area contributed by atoms with E-state index in [1.165, 1.54) is 6.08 Å². The van der Waals surface area contributed by atoms with Gasteiger partial charge < -0.3 is 9.88 Å². The summed E-state index contributed by atoms with van der Waals surface area (Å²) in [6.07, 6.45) is 8.81. The molecule has 5 heteroatoms. The van der Waals surface area contributed by atoms with Crippen LogP contribution in [0.1, 0.15) is 13.4 Å². The summed E-state index contributed by atoms with van der Waals surface area (Å²) in [6, 6.07) is 10.5.